The minimum atomic E-state index is -0.533. The van der Waals surface area contributed by atoms with Crippen molar-refractivity contribution in [3.8, 4) is 0 Å². The number of hydrogen-bond donors (Lipinski definition) is 0. The van der Waals surface area contributed by atoms with Crippen molar-refractivity contribution in [3.05, 3.63) is 51.1 Å². The molecule has 160 valence electrons. The van der Waals surface area contributed by atoms with Crippen LogP contribution in [0.1, 0.15) is 34.6 Å². The van der Waals surface area contributed by atoms with Crippen LogP contribution in [0.3, 0.4) is 0 Å². The van der Waals surface area contributed by atoms with E-state index in [2.05, 4.69) is 9.55 Å². The third kappa shape index (κ3) is 4.85. The van der Waals surface area contributed by atoms with Crippen molar-refractivity contribution in [1.29, 1.82) is 0 Å². The summed E-state index contributed by atoms with van der Waals surface area (Å²) in [5, 5.41) is 2.34. The SMILES string of the molecule is COCCCn1c(C)cc(C(=O)COC(=O)CCn2cnc3sccc3c2=O)c1C. The molecule has 0 saturated heterocycles. The first-order valence-electron chi connectivity index (χ1n) is 9.69. The van der Waals surface area contributed by atoms with Gasteiger partial charge in [-0.15, -0.1) is 11.3 Å². The summed E-state index contributed by atoms with van der Waals surface area (Å²) in [4.78, 5) is 41.8. The largest absolute Gasteiger partial charge is 0.457 e. The van der Waals surface area contributed by atoms with Gasteiger partial charge in [-0.25, -0.2) is 4.98 Å². The monoisotopic (exact) mass is 431 g/mol. The molecule has 0 N–H and O–H groups in total. The lowest BCUT2D eigenvalue weighted by Crippen LogP contribution is -2.22. The van der Waals surface area contributed by atoms with Crippen molar-refractivity contribution in [3.63, 3.8) is 0 Å². The summed E-state index contributed by atoms with van der Waals surface area (Å²) in [6.45, 7) is 5.07. The van der Waals surface area contributed by atoms with Crippen LogP contribution in [-0.4, -0.2) is 46.2 Å². The molecule has 30 heavy (non-hydrogen) atoms. The van der Waals surface area contributed by atoms with Crippen LogP contribution in [0.4, 0.5) is 0 Å². The van der Waals surface area contributed by atoms with Gasteiger partial charge in [-0.1, -0.05) is 0 Å². The maximum atomic E-state index is 12.5. The van der Waals surface area contributed by atoms with Gasteiger partial charge in [0.15, 0.2) is 6.61 Å². The van der Waals surface area contributed by atoms with Gasteiger partial charge in [0.05, 0.1) is 18.1 Å². The standard InChI is InChI=1S/C21H25N3O5S/c1-14-11-17(15(2)24(14)7-4-9-28-3)18(25)12-29-19(26)5-8-23-13-22-20-16(21(23)27)6-10-30-20/h6,10-11,13H,4-5,7-9,12H2,1-3H3. The highest BCUT2D eigenvalue weighted by molar-refractivity contribution is 7.16. The lowest BCUT2D eigenvalue weighted by Gasteiger charge is -2.09. The summed E-state index contributed by atoms with van der Waals surface area (Å²) in [7, 11) is 1.66. The second-order valence-corrected chi connectivity index (χ2v) is 7.89. The van der Waals surface area contributed by atoms with Crippen molar-refractivity contribution in [2.45, 2.75) is 39.8 Å². The Hall–Kier alpha value is -2.78. The lowest BCUT2D eigenvalue weighted by molar-refractivity contribution is -0.142. The van der Waals surface area contributed by atoms with Crippen molar-refractivity contribution in [2.24, 2.45) is 0 Å². The fraction of sp³-hybridized carbons (Fsp3) is 0.429. The number of aromatic nitrogens is 3. The van der Waals surface area contributed by atoms with Crippen molar-refractivity contribution in [2.75, 3.05) is 20.3 Å². The van der Waals surface area contributed by atoms with Gasteiger partial charge in [-0.2, -0.15) is 0 Å². The number of thiophene rings is 1. The number of carbonyl (C=O) groups is 2. The van der Waals surface area contributed by atoms with Crippen LogP contribution in [0.5, 0.6) is 0 Å². The van der Waals surface area contributed by atoms with Gasteiger partial charge in [-0.05, 0) is 37.8 Å². The highest BCUT2D eigenvalue weighted by Crippen LogP contribution is 2.17. The number of Topliss-reactive ketones (excluding diaryl/α,β-unsaturated/α-hetero) is 1. The zero-order valence-corrected chi connectivity index (χ0v) is 18.2. The zero-order valence-electron chi connectivity index (χ0n) is 17.3. The quantitative estimate of drug-likeness (QED) is 0.278. The van der Waals surface area contributed by atoms with Crippen molar-refractivity contribution < 1.29 is 19.1 Å². The van der Waals surface area contributed by atoms with Gasteiger partial charge in [-0.3, -0.25) is 19.0 Å². The maximum absolute atomic E-state index is 12.5. The van der Waals surface area contributed by atoms with Crippen LogP contribution >= 0.6 is 11.3 Å². The minimum Gasteiger partial charge on any atom is -0.457 e. The number of hydrogen-bond acceptors (Lipinski definition) is 7. The summed E-state index contributed by atoms with van der Waals surface area (Å²) in [6, 6.07) is 3.54. The number of esters is 1. The number of ketones is 1. The first-order chi connectivity index (χ1) is 14.4. The molecule has 0 atom stereocenters. The van der Waals surface area contributed by atoms with E-state index in [-0.39, 0.29) is 30.9 Å². The molecular formula is C21H25N3O5S. The van der Waals surface area contributed by atoms with Crippen LogP contribution in [-0.2, 0) is 27.4 Å². The van der Waals surface area contributed by atoms with E-state index in [1.807, 2.05) is 19.9 Å². The van der Waals surface area contributed by atoms with Gasteiger partial charge in [0.1, 0.15) is 4.83 Å². The van der Waals surface area contributed by atoms with E-state index in [4.69, 9.17) is 9.47 Å². The summed E-state index contributed by atoms with van der Waals surface area (Å²) in [5.74, 6) is -0.775. The van der Waals surface area contributed by atoms with E-state index in [9.17, 15) is 14.4 Å². The fourth-order valence-electron chi connectivity index (χ4n) is 3.35. The summed E-state index contributed by atoms with van der Waals surface area (Å²) in [5.41, 5.74) is 2.20. The maximum Gasteiger partial charge on any atom is 0.308 e. The Morgan fingerprint density at radius 3 is 2.80 bits per heavy atom. The Kier molecular flexibility index (Phi) is 7.17. The van der Waals surface area contributed by atoms with Gasteiger partial charge >= 0.3 is 5.97 Å². The smallest absolute Gasteiger partial charge is 0.308 e. The summed E-state index contributed by atoms with van der Waals surface area (Å²) in [6.07, 6.45) is 2.26. The van der Waals surface area contributed by atoms with E-state index in [1.165, 1.54) is 22.2 Å². The van der Waals surface area contributed by atoms with Crippen LogP contribution in [0.25, 0.3) is 10.2 Å². The Morgan fingerprint density at radius 2 is 2.03 bits per heavy atom. The molecule has 0 aliphatic carbocycles. The van der Waals surface area contributed by atoms with E-state index in [1.54, 1.807) is 18.6 Å². The Labute approximate surface area is 178 Å². The third-order valence-corrected chi connectivity index (χ3v) is 5.80. The van der Waals surface area contributed by atoms with Gasteiger partial charge in [0.25, 0.3) is 5.56 Å². The lowest BCUT2D eigenvalue weighted by atomic mass is 10.1. The topological polar surface area (TPSA) is 92.4 Å². The molecule has 3 aromatic rings. The van der Waals surface area contributed by atoms with Crippen molar-refractivity contribution in [1.82, 2.24) is 14.1 Å². The summed E-state index contributed by atoms with van der Waals surface area (Å²) >= 11 is 1.39. The van der Waals surface area contributed by atoms with Gasteiger partial charge in [0, 0.05) is 43.8 Å². The molecule has 9 heteroatoms. The van der Waals surface area contributed by atoms with E-state index >= 15 is 0 Å². The van der Waals surface area contributed by atoms with E-state index in [0.717, 1.165) is 24.4 Å². The molecule has 0 unspecified atom stereocenters. The second kappa shape index (κ2) is 9.82. The highest BCUT2D eigenvalue weighted by Gasteiger charge is 2.17. The molecule has 0 aliphatic heterocycles. The Balaban J connectivity index is 1.54. The number of fused-ring (bicyclic) bond motifs is 1. The number of aryl methyl sites for hydroxylation is 2. The molecule has 3 aromatic heterocycles. The number of carbonyl (C=O) groups excluding carboxylic acids is 2. The molecule has 8 nitrogen and oxygen atoms in total. The highest BCUT2D eigenvalue weighted by atomic mass is 32.1. The van der Waals surface area contributed by atoms with Crippen molar-refractivity contribution >= 4 is 33.3 Å². The molecule has 0 aliphatic rings. The Morgan fingerprint density at radius 1 is 1.23 bits per heavy atom. The molecule has 0 spiro atoms. The molecule has 3 heterocycles. The molecule has 0 amide bonds. The average Bonchev–Trinajstić information content (AvgIpc) is 3.32. The average molecular weight is 432 g/mol. The number of nitrogens with zero attached hydrogens (tertiary/aromatic N) is 3. The number of ether oxygens (including phenoxy) is 2. The zero-order chi connectivity index (χ0) is 21.7. The normalized spacial score (nSPS) is 11.2. The first-order valence-corrected chi connectivity index (χ1v) is 10.6. The molecule has 0 fully saturated rings. The fourth-order valence-corrected chi connectivity index (χ4v) is 4.08. The molecule has 0 bridgehead atoms. The first kappa shape index (κ1) is 21.9. The minimum absolute atomic E-state index is 0.0133. The second-order valence-electron chi connectivity index (χ2n) is 7.00. The predicted octanol–water partition coefficient (Wildman–Crippen LogP) is 2.73. The number of methoxy groups -OCH3 is 1. The third-order valence-electron chi connectivity index (χ3n) is 4.98. The predicted molar refractivity (Wildman–Crippen MR) is 114 cm³/mol. The molecular weight excluding hydrogens is 406 g/mol. The van der Waals surface area contributed by atoms with E-state index < -0.39 is 5.97 Å². The van der Waals surface area contributed by atoms with Crippen LogP contribution in [0.15, 0.2) is 28.6 Å². The molecule has 0 radical (unpaired) electrons. The van der Waals surface area contributed by atoms with Gasteiger partial charge < -0.3 is 14.0 Å². The number of rotatable bonds is 10. The van der Waals surface area contributed by atoms with Crippen LogP contribution in [0.2, 0.25) is 0 Å². The van der Waals surface area contributed by atoms with Crippen LogP contribution in [0, 0.1) is 13.8 Å². The molecule has 3 rings (SSSR count). The molecule has 0 saturated carbocycles. The summed E-state index contributed by atoms with van der Waals surface area (Å²) < 4.78 is 13.7. The molecule has 0 aromatic carbocycles. The van der Waals surface area contributed by atoms with Crippen LogP contribution < -0.4 is 5.56 Å². The van der Waals surface area contributed by atoms with E-state index in [0.29, 0.717) is 22.4 Å². The Bertz CT molecular complexity index is 1110. The van der Waals surface area contributed by atoms with Gasteiger partial charge in [0.2, 0.25) is 5.78 Å².